The van der Waals surface area contributed by atoms with Gasteiger partial charge in [0.2, 0.25) is 5.95 Å². The van der Waals surface area contributed by atoms with Crippen molar-refractivity contribution in [3.8, 4) is 23.2 Å². The number of aromatic nitrogens is 4. The van der Waals surface area contributed by atoms with Gasteiger partial charge in [0.25, 0.3) is 5.91 Å². The summed E-state index contributed by atoms with van der Waals surface area (Å²) in [7, 11) is 0. The van der Waals surface area contributed by atoms with Crippen molar-refractivity contribution in [1.82, 2.24) is 29.7 Å². The van der Waals surface area contributed by atoms with Gasteiger partial charge in [-0.3, -0.25) is 9.69 Å². The van der Waals surface area contributed by atoms with Gasteiger partial charge < -0.3 is 29.0 Å². The molecular formula is C32H32FN9O4. The van der Waals surface area contributed by atoms with E-state index in [9.17, 15) is 10.1 Å². The number of piperazine rings is 1. The maximum atomic E-state index is 15.1. The average molecular weight is 626 g/mol. The smallest absolute Gasteiger partial charge is 0.275 e. The number of nitrogens with zero attached hydrogens (tertiary/aromatic N) is 8. The number of benzene rings is 2. The van der Waals surface area contributed by atoms with Crippen molar-refractivity contribution >= 4 is 23.2 Å². The predicted molar refractivity (Wildman–Crippen MR) is 164 cm³/mol. The third kappa shape index (κ3) is 6.33. The summed E-state index contributed by atoms with van der Waals surface area (Å²) >= 11 is 0. The lowest BCUT2D eigenvalue weighted by atomic mass is 10.0. The molecule has 46 heavy (non-hydrogen) atoms. The van der Waals surface area contributed by atoms with E-state index in [4.69, 9.17) is 13.9 Å². The second kappa shape index (κ2) is 13.1. The Morgan fingerprint density at radius 3 is 2.57 bits per heavy atom. The van der Waals surface area contributed by atoms with Gasteiger partial charge in [0, 0.05) is 56.1 Å². The van der Waals surface area contributed by atoms with E-state index in [1.807, 2.05) is 12.1 Å². The number of amides is 1. The van der Waals surface area contributed by atoms with Crippen LogP contribution in [0, 0.1) is 11.3 Å². The number of hydrogen-bond acceptors (Lipinski definition) is 12. The average Bonchev–Trinajstić information content (AvgIpc) is 3.61. The zero-order chi connectivity index (χ0) is 31.5. The topological polar surface area (TPSA) is 146 Å². The number of carbonyl (C=O) groups is 1. The minimum atomic E-state index is -1.44. The molecule has 0 radical (unpaired) electrons. The molecule has 0 spiro atoms. The highest BCUT2D eigenvalue weighted by molar-refractivity contribution is 5.92. The Kier molecular flexibility index (Phi) is 8.41. The summed E-state index contributed by atoms with van der Waals surface area (Å²) in [4.78, 5) is 35.7. The lowest BCUT2D eigenvalue weighted by molar-refractivity contribution is -0.0660. The van der Waals surface area contributed by atoms with Crippen LogP contribution < -0.4 is 15.0 Å². The molecule has 0 bridgehead atoms. The van der Waals surface area contributed by atoms with Gasteiger partial charge in [-0.15, -0.1) is 0 Å². The molecule has 3 saturated heterocycles. The molecule has 5 heterocycles. The molecule has 13 nitrogen and oxygen atoms in total. The van der Waals surface area contributed by atoms with Gasteiger partial charge in [-0.1, -0.05) is 0 Å². The van der Waals surface area contributed by atoms with Crippen LogP contribution in [0.15, 0.2) is 65.9 Å². The number of likely N-dealkylation sites (tertiary alicyclic amines) is 1. The van der Waals surface area contributed by atoms with E-state index >= 15 is 4.39 Å². The predicted octanol–water partition coefficient (Wildman–Crippen LogP) is 3.29. The first kappa shape index (κ1) is 29.6. The van der Waals surface area contributed by atoms with Crippen molar-refractivity contribution in [2.24, 2.45) is 0 Å². The molecule has 0 saturated carbocycles. The number of anilines is 3. The quantitative estimate of drug-likeness (QED) is 0.307. The molecular weight excluding hydrogens is 593 g/mol. The van der Waals surface area contributed by atoms with Gasteiger partial charge >= 0.3 is 0 Å². The maximum Gasteiger partial charge on any atom is 0.275 e. The molecule has 2 aromatic carbocycles. The molecule has 1 amide bonds. The Balaban J connectivity index is 0.968. The van der Waals surface area contributed by atoms with Crippen LogP contribution in [0.25, 0.3) is 11.4 Å². The third-order valence-corrected chi connectivity index (χ3v) is 8.57. The van der Waals surface area contributed by atoms with Crippen molar-refractivity contribution in [3.05, 3.63) is 72.7 Å². The molecule has 7 rings (SSSR count). The zero-order valence-corrected chi connectivity index (χ0v) is 25.0. The van der Waals surface area contributed by atoms with Crippen molar-refractivity contribution in [3.63, 3.8) is 0 Å². The molecule has 3 fully saturated rings. The standard InChI is InChI=1S/C32H32FN9O4/c33-26-15-42(31(43)27-18-45-20-37-27)8-7-29(26)46-28-6-1-21(13-22(28)14-34)30-35-19-36-32(39-30)38-23-2-4-24(5-3-23)40-9-11-41(12-10-40)25-16-44-17-25/h1-6,13,18-20,25-26,29H,7-12,15-17H2,(H,35,36,38,39)/t26?,29-/m0/s1. The molecule has 14 heteroatoms. The van der Waals surface area contributed by atoms with E-state index < -0.39 is 18.2 Å². The van der Waals surface area contributed by atoms with Crippen molar-refractivity contribution in [2.75, 3.05) is 62.7 Å². The Bertz CT molecular complexity index is 1700. The highest BCUT2D eigenvalue weighted by atomic mass is 19.1. The number of hydrogen-bond donors (Lipinski definition) is 1. The summed E-state index contributed by atoms with van der Waals surface area (Å²) in [6.07, 6.45) is 1.80. The Morgan fingerprint density at radius 1 is 1.04 bits per heavy atom. The van der Waals surface area contributed by atoms with Crippen molar-refractivity contribution < 1.29 is 23.1 Å². The van der Waals surface area contributed by atoms with Crippen LogP contribution >= 0.6 is 0 Å². The van der Waals surface area contributed by atoms with Crippen LogP contribution in [0.3, 0.4) is 0 Å². The monoisotopic (exact) mass is 625 g/mol. The van der Waals surface area contributed by atoms with Crippen molar-refractivity contribution in [1.29, 1.82) is 5.26 Å². The molecule has 236 valence electrons. The first-order valence-electron chi connectivity index (χ1n) is 15.2. The number of rotatable bonds is 8. The van der Waals surface area contributed by atoms with E-state index in [-0.39, 0.29) is 36.5 Å². The van der Waals surface area contributed by atoms with Gasteiger partial charge in [0.05, 0.1) is 31.4 Å². The minimum absolute atomic E-state index is 0.128. The normalized spacial score (nSPS) is 20.5. The number of nitrogens with one attached hydrogen (secondary N) is 1. The van der Waals surface area contributed by atoms with E-state index in [1.165, 1.54) is 23.2 Å². The van der Waals surface area contributed by atoms with Crippen LogP contribution in [0.4, 0.5) is 21.7 Å². The highest BCUT2D eigenvalue weighted by Gasteiger charge is 2.34. The van der Waals surface area contributed by atoms with E-state index in [1.54, 1.807) is 18.2 Å². The maximum absolute atomic E-state index is 15.1. The lowest BCUT2D eigenvalue weighted by Crippen LogP contribution is -2.56. The molecule has 2 aromatic heterocycles. The van der Waals surface area contributed by atoms with Gasteiger partial charge in [0.15, 0.2) is 24.1 Å². The molecule has 3 aliphatic rings. The Hall–Kier alpha value is -5.13. The largest absolute Gasteiger partial charge is 0.486 e. The zero-order valence-electron chi connectivity index (χ0n) is 25.0. The van der Waals surface area contributed by atoms with Crippen LogP contribution in [0.2, 0.25) is 0 Å². The number of alkyl halides is 1. The SMILES string of the molecule is N#Cc1cc(-c2ncnc(Nc3ccc(N4CCN(C5COC5)CC4)cc3)n2)ccc1O[C@H]1CCN(C(=O)c2cocn2)CC1F. The van der Waals surface area contributed by atoms with Crippen LogP contribution in [-0.2, 0) is 4.74 Å². The minimum Gasteiger partial charge on any atom is -0.486 e. The first-order chi connectivity index (χ1) is 22.5. The van der Waals surface area contributed by atoms with Crippen molar-refractivity contribution in [2.45, 2.75) is 24.7 Å². The number of piperidine rings is 1. The fourth-order valence-electron chi connectivity index (χ4n) is 5.86. The number of halogens is 1. The summed E-state index contributed by atoms with van der Waals surface area (Å²) < 4.78 is 31.2. The highest BCUT2D eigenvalue weighted by Crippen LogP contribution is 2.29. The van der Waals surface area contributed by atoms with Crippen LogP contribution in [-0.4, -0.2) is 106 Å². The molecule has 4 aromatic rings. The van der Waals surface area contributed by atoms with Gasteiger partial charge in [-0.2, -0.15) is 10.2 Å². The van der Waals surface area contributed by atoms with Gasteiger partial charge in [-0.25, -0.2) is 19.3 Å². The second-order valence-corrected chi connectivity index (χ2v) is 11.4. The number of nitriles is 1. The molecule has 3 aliphatic heterocycles. The van der Waals surface area contributed by atoms with Crippen LogP contribution in [0.1, 0.15) is 22.5 Å². The van der Waals surface area contributed by atoms with E-state index in [0.29, 0.717) is 23.4 Å². The Labute approximate surface area is 264 Å². The number of oxazole rings is 1. The fourth-order valence-corrected chi connectivity index (χ4v) is 5.86. The Morgan fingerprint density at radius 2 is 1.87 bits per heavy atom. The summed E-state index contributed by atoms with van der Waals surface area (Å²) in [5.41, 5.74) is 2.94. The van der Waals surface area contributed by atoms with Gasteiger partial charge in [-0.05, 0) is 42.5 Å². The number of carbonyl (C=O) groups excluding carboxylic acids is 1. The van der Waals surface area contributed by atoms with E-state index in [0.717, 1.165) is 51.5 Å². The molecule has 1 N–H and O–H groups in total. The molecule has 1 unspecified atom stereocenters. The van der Waals surface area contributed by atoms with E-state index in [2.05, 4.69) is 53.3 Å². The summed E-state index contributed by atoms with van der Waals surface area (Å²) in [6, 6.07) is 15.8. The summed E-state index contributed by atoms with van der Waals surface area (Å²) in [6.45, 7) is 5.85. The summed E-state index contributed by atoms with van der Waals surface area (Å²) in [5.74, 6) is 0.584. The first-order valence-corrected chi connectivity index (χ1v) is 15.2. The second-order valence-electron chi connectivity index (χ2n) is 11.4. The molecule has 0 aliphatic carbocycles. The lowest BCUT2D eigenvalue weighted by Gasteiger charge is -2.43. The third-order valence-electron chi connectivity index (χ3n) is 8.57. The van der Waals surface area contributed by atoms with Gasteiger partial charge in [0.1, 0.15) is 30.5 Å². The summed E-state index contributed by atoms with van der Waals surface area (Å²) in [5, 5.41) is 13.1. The van der Waals surface area contributed by atoms with Crippen LogP contribution in [0.5, 0.6) is 5.75 Å². The fraction of sp³-hybridized carbons (Fsp3) is 0.375. The molecule has 2 atom stereocenters. The number of ether oxygens (including phenoxy) is 2.